The summed E-state index contributed by atoms with van der Waals surface area (Å²) in [6.45, 7) is 3.52. The first-order valence-corrected chi connectivity index (χ1v) is 15.2. The number of thiazole rings is 1. The van der Waals surface area contributed by atoms with Gasteiger partial charge in [0.05, 0.1) is 39.1 Å². The lowest BCUT2D eigenvalue weighted by Gasteiger charge is -2.37. The number of carbonyl (C=O) groups excluding carboxylic acids is 1. The van der Waals surface area contributed by atoms with Crippen LogP contribution in [0.4, 0.5) is 9.52 Å². The van der Waals surface area contributed by atoms with E-state index in [1.165, 1.54) is 17.4 Å². The van der Waals surface area contributed by atoms with E-state index in [-0.39, 0.29) is 23.8 Å². The van der Waals surface area contributed by atoms with Gasteiger partial charge in [-0.15, -0.1) is 0 Å². The molecule has 1 unspecified atom stereocenters. The van der Waals surface area contributed by atoms with E-state index in [4.69, 9.17) is 41.9 Å². The number of ether oxygens (including phenoxy) is 3. The van der Waals surface area contributed by atoms with Gasteiger partial charge >= 0.3 is 5.97 Å². The second-order valence-corrected chi connectivity index (χ2v) is 12.3. The normalized spacial score (nSPS) is 20.3. The van der Waals surface area contributed by atoms with Crippen molar-refractivity contribution in [3.63, 3.8) is 0 Å². The molecule has 8 nitrogen and oxygen atoms in total. The summed E-state index contributed by atoms with van der Waals surface area (Å²) in [5, 5.41) is 6.09. The Labute approximate surface area is 249 Å². The molecule has 214 valence electrons. The van der Waals surface area contributed by atoms with E-state index in [1.807, 2.05) is 0 Å². The van der Waals surface area contributed by atoms with Crippen LogP contribution in [0.2, 0.25) is 10.0 Å². The third-order valence-electron chi connectivity index (χ3n) is 7.82. The summed E-state index contributed by atoms with van der Waals surface area (Å²) in [6.07, 6.45) is 2.90. The number of hydrogen-bond acceptors (Lipinski definition) is 9. The molecule has 3 fully saturated rings. The highest BCUT2D eigenvalue weighted by molar-refractivity contribution is 7.22. The first-order chi connectivity index (χ1) is 19.9. The van der Waals surface area contributed by atoms with E-state index in [1.54, 1.807) is 31.2 Å². The van der Waals surface area contributed by atoms with Crippen LogP contribution in [0.15, 0.2) is 34.9 Å². The molecule has 3 aliphatic rings. The highest BCUT2D eigenvalue weighted by Gasteiger charge is 2.48. The van der Waals surface area contributed by atoms with Crippen LogP contribution in [0.25, 0.3) is 21.5 Å². The second kappa shape index (κ2) is 10.5. The van der Waals surface area contributed by atoms with Crippen molar-refractivity contribution in [1.29, 1.82) is 0 Å². The van der Waals surface area contributed by atoms with Gasteiger partial charge in [-0.25, -0.2) is 14.2 Å². The molecule has 4 heterocycles. The number of anilines is 1. The van der Waals surface area contributed by atoms with Gasteiger partial charge in [0.2, 0.25) is 0 Å². The minimum absolute atomic E-state index is 0.181. The van der Waals surface area contributed by atoms with E-state index in [2.05, 4.69) is 15.0 Å². The molecule has 7 rings (SSSR count). The zero-order valence-corrected chi connectivity index (χ0v) is 24.5. The maximum Gasteiger partial charge on any atom is 0.338 e. The quantitative estimate of drug-likeness (QED) is 0.205. The van der Waals surface area contributed by atoms with Crippen LogP contribution in [0, 0.1) is 5.82 Å². The van der Waals surface area contributed by atoms with E-state index in [0.29, 0.717) is 69.6 Å². The SMILES string of the molecule is CCOC(=O)c1cc(F)c2nc(N3CCC4(CC3)OCC(c3c(-c5c(Cl)cccc5Cl)noc3C3CC3)O4)sc2c1. The molecule has 0 N–H and O–H groups in total. The fourth-order valence-electron chi connectivity index (χ4n) is 5.61. The van der Waals surface area contributed by atoms with Crippen LogP contribution in [-0.2, 0) is 14.2 Å². The van der Waals surface area contributed by atoms with Crippen LogP contribution in [0.1, 0.15) is 66.3 Å². The molecular weight excluding hydrogens is 592 g/mol. The van der Waals surface area contributed by atoms with Crippen molar-refractivity contribution < 1.29 is 27.9 Å². The standard InChI is InChI=1S/C29H26Cl2FN3O5S/c1-2-37-27(36)16-12-19(32)24-21(13-16)41-28(33-24)35-10-8-29(9-11-35)38-14-20(39-29)23-25(34-40-26(23)15-6-7-15)22-17(30)4-3-5-18(22)31/h3-5,12-13,15,20H,2,6-11,14H2,1H3. The Hall–Kier alpha value is -2.76. The Morgan fingerprint density at radius 2 is 1.98 bits per heavy atom. The summed E-state index contributed by atoms with van der Waals surface area (Å²) in [4.78, 5) is 18.8. The zero-order chi connectivity index (χ0) is 28.3. The van der Waals surface area contributed by atoms with Gasteiger partial charge in [-0.05, 0) is 44.0 Å². The maximum absolute atomic E-state index is 14.8. The number of hydrogen-bond donors (Lipinski definition) is 0. The van der Waals surface area contributed by atoms with E-state index >= 15 is 0 Å². The topological polar surface area (TPSA) is 86.9 Å². The predicted octanol–water partition coefficient (Wildman–Crippen LogP) is 7.54. The number of aromatic nitrogens is 2. The van der Waals surface area contributed by atoms with Crippen LogP contribution in [0.3, 0.4) is 0 Å². The molecule has 2 saturated heterocycles. The van der Waals surface area contributed by atoms with Crippen LogP contribution in [0.5, 0.6) is 0 Å². The summed E-state index contributed by atoms with van der Waals surface area (Å²) in [5.74, 6) is -0.733. The number of fused-ring (bicyclic) bond motifs is 1. The molecule has 41 heavy (non-hydrogen) atoms. The average molecular weight is 619 g/mol. The number of nitrogens with zero attached hydrogens (tertiary/aromatic N) is 3. The van der Waals surface area contributed by atoms with Crippen molar-refractivity contribution in [3.05, 3.63) is 63.1 Å². The number of esters is 1. The summed E-state index contributed by atoms with van der Waals surface area (Å²) in [6, 6.07) is 8.18. The van der Waals surface area contributed by atoms with Crippen LogP contribution in [-0.4, -0.2) is 48.2 Å². The minimum Gasteiger partial charge on any atom is -0.462 e. The largest absolute Gasteiger partial charge is 0.462 e. The summed E-state index contributed by atoms with van der Waals surface area (Å²) < 4.78 is 39.3. The summed E-state index contributed by atoms with van der Waals surface area (Å²) in [5.41, 5.74) is 2.53. The molecule has 2 aromatic carbocycles. The van der Waals surface area contributed by atoms with Crippen molar-refractivity contribution in [1.82, 2.24) is 10.1 Å². The van der Waals surface area contributed by atoms with Gasteiger partial charge < -0.3 is 23.6 Å². The van der Waals surface area contributed by atoms with E-state index < -0.39 is 17.6 Å². The third-order valence-corrected chi connectivity index (χ3v) is 9.52. The van der Waals surface area contributed by atoms with Crippen LogP contribution < -0.4 is 4.90 Å². The Kier molecular flexibility index (Phi) is 6.94. The fraction of sp³-hybridized carbons (Fsp3) is 0.414. The van der Waals surface area contributed by atoms with Gasteiger partial charge in [-0.2, -0.15) is 0 Å². The number of benzene rings is 2. The number of halogens is 3. The second-order valence-electron chi connectivity index (χ2n) is 10.5. The third kappa shape index (κ3) is 4.89. The fourth-order valence-corrected chi connectivity index (χ4v) is 7.26. The summed E-state index contributed by atoms with van der Waals surface area (Å²) in [7, 11) is 0. The number of rotatable bonds is 6. The number of carbonyl (C=O) groups is 1. The van der Waals surface area contributed by atoms with Crippen LogP contribution >= 0.6 is 34.5 Å². The Morgan fingerprint density at radius 1 is 1.22 bits per heavy atom. The number of piperidine rings is 1. The van der Waals surface area contributed by atoms with Crippen molar-refractivity contribution in [3.8, 4) is 11.3 Å². The van der Waals surface area contributed by atoms with Gasteiger partial charge in [0, 0.05) is 37.4 Å². The van der Waals surface area contributed by atoms with Crippen molar-refractivity contribution in [2.24, 2.45) is 0 Å². The summed E-state index contributed by atoms with van der Waals surface area (Å²) >= 11 is 14.4. The molecule has 0 radical (unpaired) electrons. The highest BCUT2D eigenvalue weighted by Crippen LogP contribution is 2.51. The molecule has 1 saturated carbocycles. The molecule has 0 bridgehead atoms. The molecule has 4 aromatic rings. The van der Waals surface area contributed by atoms with Gasteiger partial charge in [0.1, 0.15) is 23.1 Å². The van der Waals surface area contributed by atoms with Crippen molar-refractivity contribution >= 4 is 55.9 Å². The maximum atomic E-state index is 14.8. The first kappa shape index (κ1) is 27.1. The molecule has 1 spiro atoms. The molecule has 1 aliphatic carbocycles. The Morgan fingerprint density at radius 3 is 2.68 bits per heavy atom. The smallest absolute Gasteiger partial charge is 0.338 e. The van der Waals surface area contributed by atoms with Gasteiger partial charge in [-0.3, -0.25) is 0 Å². The lowest BCUT2D eigenvalue weighted by molar-refractivity contribution is -0.181. The van der Waals surface area contributed by atoms with Gasteiger partial charge in [0.15, 0.2) is 16.7 Å². The molecule has 2 aliphatic heterocycles. The zero-order valence-electron chi connectivity index (χ0n) is 22.1. The van der Waals surface area contributed by atoms with Gasteiger partial charge in [-0.1, -0.05) is 45.8 Å². The average Bonchev–Trinajstić information content (AvgIpc) is 3.36. The van der Waals surface area contributed by atoms with E-state index in [9.17, 15) is 9.18 Å². The highest BCUT2D eigenvalue weighted by atomic mass is 35.5. The molecule has 2 aromatic heterocycles. The predicted molar refractivity (Wildman–Crippen MR) is 153 cm³/mol. The molecular formula is C29H26Cl2FN3O5S. The first-order valence-electron chi connectivity index (χ1n) is 13.6. The Balaban J connectivity index is 1.10. The van der Waals surface area contributed by atoms with Gasteiger partial charge in [0.25, 0.3) is 0 Å². The van der Waals surface area contributed by atoms with Crippen molar-refractivity contribution in [2.75, 3.05) is 31.2 Å². The van der Waals surface area contributed by atoms with E-state index in [0.717, 1.165) is 24.2 Å². The Bertz CT molecular complexity index is 1630. The lowest BCUT2D eigenvalue weighted by atomic mass is 9.99. The monoisotopic (exact) mass is 617 g/mol. The molecule has 12 heteroatoms. The van der Waals surface area contributed by atoms with Crippen molar-refractivity contribution in [2.45, 2.75) is 50.4 Å². The lowest BCUT2D eigenvalue weighted by Crippen LogP contribution is -2.45. The molecule has 0 amide bonds. The minimum atomic E-state index is -0.764. The molecule has 1 atom stereocenters.